The minimum atomic E-state index is -3.67. The molecule has 0 aliphatic rings. The van der Waals surface area contributed by atoms with Crippen LogP contribution in [0.5, 0.6) is 5.75 Å². The fourth-order valence-electron chi connectivity index (χ4n) is 1.28. The van der Waals surface area contributed by atoms with Crippen LogP contribution in [0.25, 0.3) is 0 Å². The number of hydrogen-bond acceptors (Lipinski definition) is 4. The van der Waals surface area contributed by atoms with Gasteiger partial charge in [0, 0.05) is 19.7 Å². The van der Waals surface area contributed by atoms with Crippen molar-refractivity contribution >= 4 is 10.0 Å². The molecule has 0 radical (unpaired) electrons. The summed E-state index contributed by atoms with van der Waals surface area (Å²) in [5.41, 5.74) is 0. The van der Waals surface area contributed by atoms with Gasteiger partial charge in [-0.15, -0.1) is 0 Å². The molecule has 0 unspecified atom stereocenters. The molecule has 0 aromatic heterocycles. The first-order chi connectivity index (χ1) is 8.51. The molecule has 18 heavy (non-hydrogen) atoms. The second-order valence-electron chi connectivity index (χ2n) is 3.42. The lowest BCUT2D eigenvalue weighted by molar-refractivity contribution is 0.204. The lowest BCUT2D eigenvalue weighted by atomic mass is 10.3. The topological polar surface area (TPSA) is 64.6 Å². The number of benzene rings is 1. The summed E-state index contributed by atoms with van der Waals surface area (Å²) in [5, 5.41) is 0. The van der Waals surface area contributed by atoms with Crippen LogP contribution in [0.4, 0.5) is 4.39 Å². The number of methoxy groups -OCH3 is 1. The molecule has 0 saturated heterocycles. The molecule has 0 atom stereocenters. The van der Waals surface area contributed by atoms with Gasteiger partial charge in [-0.1, -0.05) is 0 Å². The number of rotatable bonds is 7. The Morgan fingerprint density at radius 2 is 2.11 bits per heavy atom. The maximum absolute atomic E-state index is 13.3. The Morgan fingerprint density at radius 1 is 1.39 bits per heavy atom. The summed E-state index contributed by atoms with van der Waals surface area (Å²) in [4.78, 5) is -0.0385. The fourth-order valence-corrected chi connectivity index (χ4v) is 2.31. The van der Waals surface area contributed by atoms with Crippen molar-refractivity contribution in [3.8, 4) is 5.75 Å². The summed E-state index contributed by atoms with van der Waals surface area (Å²) in [5.74, 6) is -0.667. The van der Waals surface area contributed by atoms with Crippen molar-refractivity contribution in [1.82, 2.24) is 4.72 Å². The van der Waals surface area contributed by atoms with E-state index in [4.69, 9.17) is 9.47 Å². The fraction of sp³-hybridized carbons (Fsp3) is 0.455. The molecule has 5 nitrogen and oxygen atoms in total. The van der Waals surface area contributed by atoms with E-state index in [1.54, 1.807) is 6.92 Å². The molecular formula is C11H16FNO4S. The van der Waals surface area contributed by atoms with Crippen LogP contribution >= 0.6 is 0 Å². The Balaban J connectivity index is 2.91. The molecular weight excluding hydrogens is 261 g/mol. The lowest BCUT2D eigenvalue weighted by Gasteiger charge is -2.09. The number of sulfonamides is 1. The molecule has 0 bridgehead atoms. The van der Waals surface area contributed by atoms with Crippen LogP contribution in [0.15, 0.2) is 23.1 Å². The Bertz CT molecular complexity index is 490. The van der Waals surface area contributed by atoms with Crippen LogP contribution in [0.3, 0.4) is 0 Å². The van der Waals surface area contributed by atoms with E-state index in [0.29, 0.717) is 0 Å². The second-order valence-corrected chi connectivity index (χ2v) is 5.18. The summed E-state index contributed by atoms with van der Waals surface area (Å²) < 4.78 is 49.0. The van der Waals surface area contributed by atoms with Crippen molar-refractivity contribution in [2.45, 2.75) is 11.8 Å². The van der Waals surface area contributed by atoms with Crippen LogP contribution in [0.1, 0.15) is 6.92 Å². The summed E-state index contributed by atoms with van der Waals surface area (Å²) >= 11 is 0. The molecule has 0 heterocycles. The second kappa shape index (κ2) is 6.67. The SMILES string of the molecule is CCOc1cc(S(=O)(=O)NCCOC)ccc1F. The normalized spacial score (nSPS) is 11.5. The zero-order chi connectivity index (χ0) is 13.6. The predicted molar refractivity (Wildman–Crippen MR) is 64.6 cm³/mol. The third-order valence-corrected chi connectivity index (χ3v) is 3.57. The molecule has 0 spiro atoms. The van der Waals surface area contributed by atoms with Gasteiger partial charge in [0.05, 0.1) is 18.1 Å². The number of nitrogens with one attached hydrogen (secondary N) is 1. The van der Waals surface area contributed by atoms with Crippen molar-refractivity contribution in [2.24, 2.45) is 0 Å². The molecule has 1 aromatic carbocycles. The van der Waals surface area contributed by atoms with E-state index in [0.717, 1.165) is 12.1 Å². The summed E-state index contributed by atoms with van der Waals surface area (Å²) in [6.45, 7) is 2.37. The summed E-state index contributed by atoms with van der Waals surface area (Å²) in [6, 6.07) is 3.41. The van der Waals surface area contributed by atoms with Crippen LogP contribution < -0.4 is 9.46 Å². The standard InChI is InChI=1S/C11H16FNO4S/c1-3-17-11-8-9(4-5-10(11)12)18(14,15)13-6-7-16-2/h4-5,8,13H,3,6-7H2,1-2H3. The van der Waals surface area contributed by atoms with Crippen LogP contribution in [0, 0.1) is 5.82 Å². The molecule has 0 saturated carbocycles. The van der Waals surface area contributed by atoms with E-state index in [1.165, 1.54) is 13.2 Å². The molecule has 1 rings (SSSR count). The zero-order valence-electron chi connectivity index (χ0n) is 10.3. The lowest BCUT2D eigenvalue weighted by Crippen LogP contribution is -2.27. The molecule has 0 aliphatic carbocycles. The van der Waals surface area contributed by atoms with Crippen molar-refractivity contribution in [2.75, 3.05) is 26.9 Å². The average molecular weight is 277 g/mol. The van der Waals surface area contributed by atoms with Crippen molar-refractivity contribution in [3.63, 3.8) is 0 Å². The monoisotopic (exact) mass is 277 g/mol. The highest BCUT2D eigenvalue weighted by Gasteiger charge is 2.16. The zero-order valence-corrected chi connectivity index (χ0v) is 11.1. The van der Waals surface area contributed by atoms with E-state index in [2.05, 4.69) is 4.72 Å². The molecule has 0 aliphatic heterocycles. The molecule has 7 heteroatoms. The maximum Gasteiger partial charge on any atom is 0.240 e. The van der Waals surface area contributed by atoms with Gasteiger partial charge in [-0.2, -0.15) is 0 Å². The first kappa shape index (κ1) is 14.9. The minimum Gasteiger partial charge on any atom is -0.491 e. The predicted octanol–water partition coefficient (Wildman–Crippen LogP) is 1.15. The Kier molecular flexibility index (Phi) is 5.52. The van der Waals surface area contributed by atoms with E-state index in [-0.39, 0.29) is 30.4 Å². The highest BCUT2D eigenvalue weighted by molar-refractivity contribution is 7.89. The average Bonchev–Trinajstić information content (AvgIpc) is 2.32. The third-order valence-electron chi connectivity index (χ3n) is 2.11. The molecule has 0 amide bonds. The molecule has 1 N–H and O–H groups in total. The Labute approximate surface area is 106 Å². The number of ether oxygens (including phenoxy) is 2. The summed E-state index contributed by atoms with van der Waals surface area (Å²) in [6.07, 6.45) is 0. The maximum atomic E-state index is 13.3. The van der Waals surface area contributed by atoms with E-state index >= 15 is 0 Å². The minimum absolute atomic E-state index is 0.0385. The number of halogens is 1. The van der Waals surface area contributed by atoms with Crippen LogP contribution in [-0.4, -0.2) is 35.3 Å². The largest absolute Gasteiger partial charge is 0.491 e. The smallest absolute Gasteiger partial charge is 0.240 e. The Morgan fingerprint density at radius 3 is 2.72 bits per heavy atom. The highest BCUT2D eigenvalue weighted by atomic mass is 32.2. The summed E-state index contributed by atoms with van der Waals surface area (Å²) in [7, 11) is -2.20. The van der Waals surface area contributed by atoms with Crippen LogP contribution in [-0.2, 0) is 14.8 Å². The quantitative estimate of drug-likeness (QED) is 0.759. The van der Waals surface area contributed by atoms with Gasteiger partial charge in [-0.25, -0.2) is 17.5 Å². The first-order valence-corrected chi connectivity index (χ1v) is 6.90. The van der Waals surface area contributed by atoms with Gasteiger partial charge in [0.15, 0.2) is 11.6 Å². The molecule has 0 fully saturated rings. The number of hydrogen-bond donors (Lipinski definition) is 1. The van der Waals surface area contributed by atoms with Crippen molar-refractivity contribution in [1.29, 1.82) is 0 Å². The van der Waals surface area contributed by atoms with Gasteiger partial charge in [-0.3, -0.25) is 0 Å². The van der Waals surface area contributed by atoms with E-state index in [9.17, 15) is 12.8 Å². The molecule has 102 valence electrons. The van der Waals surface area contributed by atoms with E-state index < -0.39 is 15.8 Å². The van der Waals surface area contributed by atoms with Gasteiger partial charge in [0.2, 0.25) is 10.0 Å². The Hall–Kier alpha value is -1.18. The van der Waals surface area contributed by atoms with E-state index in [1.807, 2.05) is 0 Å². The van der Waals surface area contributed by atoms with Crippen molar-refractivity contribution < 1.29 is 22.3 Å². The first-order valence-electron chi connectivity index (χ1n) is 5.42. The van der Waals surface area contributed by atoms with Crippen molar-refractivity contribution in [3.05, 3.63) is 24.0 Å². The van der Waals surface area contributed by atoms with Gasteiger partial charge >= 0.3 is 0 Å². The van der Waals surface area contributed by atoms with Gasteiger partial charge in [0.25, 0.3) is 0 Å². The third kappa shape index (κ3) is 3.94. The van der Waals surface area contributed by atoms with Gasteiger partial charge in [-0.05, 0) is 19.1 Å². The van der Waals surface area contributed by atoms with Crippen LogP contribution in [0.2, 0.25) is 0 Å². The highest BCUT2D eigenvalue weighted by Crippen LogP contribution is 2.21. The van der Waals surface area contributed by atoms with Gasteiger partial charge < -0.3 is 9.47 Å². The molecule has 1 aromatic rings. The van der Waals surface area contributed by atoms with Gasteiger partial charge in [0.1, 0.15) is 0 Å².